The zero-order valence-electron chi connectivity index (χ0n) is 7.81. The Morgan fingerprint density at radius 3 is 2.36 bits per heavy atom. The first-order valence-corrected chi connectivity index (χ1v) is 3.88. The highest BCUT2D eigenvalue weighted by Gasteiger charge is 2.14. The molecule has 0 fully saturated rings. The van der Waals surface area contributed by atoms with Gasteiger partial charge >= 0.3 is 0 Å². The molecule has 0 spiro atoms. The van der Waals surface area contributed by atoms with Crippen molar-refractivity contribution in [1.82, 2.24) is 5.32 Å². The fourth-order valence-electron chi connectivity index (χ4n) is 1.06. The standard InChI is InChI=1S/C9H19N.ClH/c1-5-6-7-9(2,3)8-10-4;/h5,10H,1,6-8H2,2-4H3;1H. The van der Waals surface area contributed by atoms with Crippen molar-refractivity contribution >= 4 is 12.4 Å². The van der Waals surface area contributed by atoms with E-state index in [2.05, 4.69) is 25.7 Å². The summed E-state index contributed by atoms with van der Waals surface area (Å²) in [6.45, 7) is 9.33. The molecule has 0 rings (SSSR count). The van der Waals surface area contributed by atoms with Crippen LogP contribution in [0.2, 0.25) is 0 Å². The van der Waals surface area contributed by atoms with Gasteiger partial charge in [-0.1, -0.05) is 19.9 Å². The second-order valence-corrected chi connectivity index (χ2v) is 3.52. The molecule has 0 radical (unpaired) electrons. The quantitative estimate of drug-likeness (QED) is 0.637. The van der Waals surface area contributed by atoms with E-state index in [1.54, 1.807) is 0 Å². The maximum absolute atomic E-state index is 3.70. The van der Waals surface area contributed by atoms with E-state index in [9.17, 15) is 0 Å². The van der Waals surface area contributed by atoms with Gasteiger partial charge in [0.15, 0.2) is 0 Å². The highest BCUT2D eigenvalue weighted by Crippen LogP contribution is 2.20. The van der Waals surface area contributed by atoms with Gasteiger partial charge in [0.2, 0.25) is 0 Å². The Kier molecular flexibility index (Phi) is 8.25. The lowest BCUT2D eigenvalue weighted by Crippen LogP contribution is -2.26. The minimum atomic E-state index is 0. The summed E-state index contributed by atoms with van der Waals surface area (Å²) in [4.78, 5) is 0. The summed E-state index contributed by atoms with van der Waals surface area (Å²) in [6, 6.07) is 0. The number of rotatable bonds is 5. The highest BCUT2D eigenvalue weighted by atomic mass is 35.5. The van der Waals surface area contributed by atoms with Gasteiger partial charge in [0.1, 0.15) is 0 Å². The van der Waals surface area contributed by atoms with Crippen LogP contribution in [-0.4, -0.2) is 13.6 Å². The van der Waals surface area contributed by atoms with Crippen molar-refractivity contribution in [2.45, 2.75) is 26.7 Å². The normalized spacial score (nSPS) is 10.5. The Morgan fingerprint density at radius 1 is 1.45 bits per heavy atom. The molecular weight excluding hydrogens is 158 g/mol. The molecule has 1 N–H and O–H groups in total. The predicted molar refractivity (Wildman–Crippen MR) is 54.4 cm³/mol. The van der Waals surface area contributed by atoms with Crippen molar-refractivity contribution in [1.29, 1.82) is 0 Å². The van der Waals surface area contributed by atoms with Gasteiger partial charge in [-0.05, 0) is 31.8 Å². The maximum Gasteiger partial charge on any atom is -0.0000377 e. The summed E-state index contributed by atoms with van der Waals surface area (Å²) >= 11 is 0. The number of hydrogen-bond donors (Lipinski definition) is 1. The van der Waals surface area contributed by atoms with Crippen LogP contribution in [0.25, 0.3) is 0 Å². The molecule has 0 bridgehead atoms. The van der Waals surface area contributed by atoms with Gasteiger partial charge in [0.05, 0.1) is 0 Å². The van der Waals surface area contributed by atoms with Crippen molar-refractivity contribution in [3.05, 3.63) is 12.7 Å². The number of halogens is 1. The molecule has 0 aliphatic carbocycles. The number of nitrogens with one attached hydrogen (secondary N) is 1. The summed E-state index contributed by atoms with van der Waals surface area (Å²) in [6.07, 6.45) is 4.32. The van der Waals surface area contributed by atoms with E-state index >= 15 is 0 Å². The molecule has 0 aromatic heterocycles. The zero-order chi connectivity index (χ0) is 8.04. The Bertz CT molecular complexity index is 99.7. The third-order valence-electron chi connectivity index (χ3n) is 1.68. The Morgan fingerprint density at radius 2 is 2.00 bits per heavy atom. The van der Waals surface area contributed by atoms with Crippen LogP contribution in [0.15, 0.2) is 12.7 Å². The summed E-state index contributed by atoms with van der Waals surface area (Å²) in [5.41, 5.74) is 0.420. The first-order valence-electron chi connectivity index (χ1n) is 3.88. The van der Waals surface area contributed by atoms with E-state index in [0.29, 0.717) is 5.41 Å². The Labute approximate surface area is 76.7 Å². The van der Waals surface area contributed by atoms with Crippen molar-refractivity contribution in [3.8, 4) is 0 Å². The van der Waals surface area contributed by atoms with E-state index in [4.69, 9.17) is 0 Å². The SMILES string of the molecule is C=CCCC(C)(C)CNC.Cl. The molecule has 0 atom stereocenters. The average Bonchev–Trinajstić information content (AvgIpc) is 1.84. The first kappa shape index (κ1) is 13.6. The topological polar surface area (TPSA) is 12.0 Å². The molecule has 0 amide bonds. The van der Waals surface area contributed by atoms with Crippen LogP contribution in [0.4, 0.5) is 0 Å². The molecule has 0 aliphatic heterocycles. The lowest BCUT2D eigenvalue weighted by Gasteiger charge is -2.23. The smallest absolute Gasteiger partial charge is 0.0000377 e. The molecule has 0 aromatic carbocycles. The van der Waals surface area contributed by atoms with Crippen LogP contribution in [0.3, 0.4) is 0 Å². The van der Waals surface area contributed by atoms with Crippen molar-refractivity contribution in [2.75, 3.05) is 13.6 Å². The molecule has 0 saturated heterocycles. The van der Waals surface area contributed by atoms with Gasteiger partial charge in [-0.2, -0.15) is 0 Å². The molecule has 68 valence electrons. The lowest BCUT2D eigenvalue weighted by molar-refractivity contribution is 0.327. The van der Waals surface area contributed by atoms with E-state index < -0.39 is 0 Å². The van der Waals surface area contributed by atoms with E-state index in [1.165, 1.54) is 6.42 Å². The van der Waals surface area contributed by atoms with Crippen molar-refractivity contribution in [3.63, 3.8) is 0 Å². The van der Waals surface area contributed by atoms with Crippen LogP contribution in [0.5, 0.6) is 0 Å². The van der Waals surface area contributed by atoms with Crippen LogP contribution in [0.1, 0.15) is 26.7 Å². The van der Waals surface area contributed by atoms with Gasteiger partial charge in [-0.25, -0.2) is 0 Å². The van der Waals surface area contributed by atoms with Crippen LogP contribution in [-0.2, 0) is 0 Å². The van der Waals surface area contributed by atoms with Gasteiger partial charge < -0.3 is 5.32 Å². The summed E-state index contributed by atoms with van der Waals surface area (Å²) in [7, 11) is 2.00. The van der Waals surface area contributed by atoms with E-state index in [-0.39, 0.29) is 12.4 Å². The molecule has 11 heavy (non-hydrogen) atoms. The van der Waals surface area contributed by atoms with Gasteiger partial charge in [-0.15, -0.1) is 19.0 Å². The summed E-state index contributed by atoms with van der Waals surface area (Å²) in [5, 5.41) is 3.18. The Hall–Kier alpha value is -0.0100. The fraction of sp³-hybridized carbons (Fsp3) is 0.778. The third-order valence-corrected chi connectivity index (χ3v) is 1.68. The molecule has 0 saturated carbocycles. The Balaban J connectivity index is 0. The molecule has 0 aromatic rings. The van der Waals surface area contributed by atoms with Crippen LogP contribution < -0.4 is 5.32 Å². The molecule has 1 nitrogen and oxygen atoms in total. The number of hydrogen-bond acceptors (Lipinski definition) is 1. The fourth-order valence-corrected chi connectivity index (χ4v) is 1.06. The maximum atomic E-state index is 3.70. The molecule has 0 unspecified atom stereocenters. The monoisotopic (exact) mass is 177 g/mol. The van der Waals surface area contributed by atoms with Gasteiger partial charge in [0.25, 0.3) is 0 Å². The number of allylic oxidation sites excluding steroid dienone is 1. The second kappa shape index (κ2) is 6.68. The van der Waals surface area contributed by atoms with Gasteiger partial charge in [0, 0.05) is 0 Å². The molecular formula is C9H20ClN. The van der Waals surface area contributed by atoms with Crippen molar-refractivity contribution in [2.24, 2.45) is 5.41 Å². The summed E-state index contributed by atoms with van der Waals surface area (Å²) in [5.74, 6) is 0. The molecule has 2 heteroatoms. The van der Waals surface area contributed by atoms with Crippen LogP contribution >= 0.6 is 12.4 Å². The largest absolute Gasteiger partial charge is 0.319 e. The van der Waals surface area contributed by atoms with Crippen molar-refractivity contribution < 1.29 is 0 Å². The van der Waals surface area contributed by atoms with E-state index in [1.807, 2.05) is 13.1 Å². The third kappa shape index (κ3) is 7.89. The summed E-state index contributed by atoms with van der Waals surface area (Å²) < 4.78 is 0. The van der Waals surface area contributed by atoms with Crippen LogP contribution in [0, 0.1) is 5.41 Å². The average molecular weight is 178 g/mol. The molecule has 0 heterocycles. The second-order valence-electron chi connectivity index (χ2n) is 3.52. The first-order chi connectivity index (χ1) is 4.62. The van der Waals surface area contributed by atoms with E-state index in [0.717, 1.165) is 13.0 Å². The highest BCUT2D eigenvalue weighted by molar-refractivity contribution is 5.85. The minimum absolute atomic E-state index is 0. The minimum Gasteiger partial charge on any atom is -0.319 e. The lowest BCUT2D eigenvalue weighted by atomic mass is 9.88. The molecule has 0 aliphatic rings. The zero-order valence-corrected chi connectivity index (χ0v) is 8.63. The van der Waals surface area contributed by atoms with Gasteiger partial charge in [-0.3, -0.25) is 0 Å². The predicted octanol–water partition coefficient (Wildman–Crippen LogP) is 2.62.